The third-order valence-corrected chi connectivity index (χ3v) is 4.64. The second-order valence-electron chi connectivity index (χ2n) is 6.56. The third kappa shape index (κ3) is 4.44. The van der Waals surface area contributed by atoms with Gasteiger partial charge in [-0.3, -0.25) is 9.59 Å². The van der Waals surface area contributed by atoms with Crippen LogP contribution >= 0.6 is 0 Å². The van der Waals surface area contributed by atoms with Gasteiger partial charge >= 0.3 is 0 Å². The lowest BCUT2D eigenvalue weighted by atomic mass is 10.1. The molecule has 2 amide bonds. The summed E-state index contributed by atoms with van der Waals surface area (Å²) in [6.07, 6.45) is 6.39. The van der Waals surface area contributed by atoms with Crippen molar-refractivity contribution in [2.75, 3.05) is 19.6 Å². The minimum absolute atomic E-state index is 0.123. The van der Waals surface area contributed by atoms with Crippen LogP contribution in [-0.2, 0) is 4.79 Å². The zero-order chi connectivity index (χ0) is 18.4. The molecular weight excluding hydrogens is 332 g/mol. The van der Waals surface area contributed by atoms with E-state index in [-0.39, 0.29) is 11.8 Å². The number of nitrogens with zero attached hydrogens (tertiary/aromatic N) is 5. The van der Waals surface area contributed by atoms with E-state index in [1.165, 1.54) is 19.2 Å². The predicted molar refractivity (Wildman–Crippen MR) is 95.9 cm³/mol. The van der Waals surface area contributed by atoms with Crippen LogP contribution in [0.5, 0.6) is 0 Å². The molecular formula is C18H24N6O2. The van der Waals surface area contributed by atoms with E-state index in [0.717, 1.165) is 37.2 Å². The molecule has 2 heterocycles. The lowest BCUT2D eigenvalue weighted by Crippen LogP contribution is -2.35. The zero-order valence-electron chi connectivity index (χ0n) is 15.0. The van der Waals surface area contributed by atoms with Gasteiger partial charge in [-0.15, -0.1) is 5.10 Å². The molecule has 0 radical (unpaired) electrons. The average Bonchev–Trinajstić information content (AvgIpc) is 3.02. The van der Waals surface area contributed by atoms with E-state index in [9.17, 15) is 9.59 Å². The number of aromatic nitrogens is 4. The molecule has 0 bridgehead atoms. The van der Waals surface area contributed by atoms with Crippen LogP contribution in [0.25, 0.3) is 5.69 Å². The number of carbonyl (C=O) groups excluding carboxylic acids is 2. The number of aryl methyl sites for hydroxylation is 1. The van der Waals surface area contributed by atoms with Gasteiger partial charge in [0.05, 0.1) is 5.69 Å². The summed E-state index contributed by atoms with van der Waals surface area (Å²) in [4.78, 5) is 26.5. The van der Waals surface area contributed by atoms with Crippen molar-refractivity contribution in [1.29, 1.82) is 0 Å². The van der Waals surface area contributed by atoms with E-state index < -0.39 is 0 Å². The summed E-state index contributed by atoms with van der Waals surface area (Å²) in [5.41, 5.74) is 2.27. The number of hydrogen-bond donors (Lipinski definition) is 1. The van der Waals surface area contributed by atoms with Gasteiger partial charge in [0.2, 0.25) is 5.91 Å². The van der Waals surface area contributed by atoms with Gasteiger partial charge in [0.25, 0.3) is 5.91 Å². The highest BCUT2D eigenvalue weighted by atomic mass is 16.2. The summed E-state index contributed by atoms with van der Waals surface area (Å²) in [6.45, 7) is 3.92. The molecule has 1 fully saturated rings. The zero-order valence-corrected chi connectivity index (χ0v) is 15.0. The number of amides is 2. The maximum Gasteiger partial charge on any atom is 0.251 e. The van der Waals surface area contributed by atoms with Crippen molar-refractivity contribution >= 4 is 11.8 Å². The molecule has 1 aromatic carbocycles. The number of tetrazole rings is 1. The summed E-state index contributed by atoms with van der Waals surface area (Å²) in [5, 5.41) is 13.9. The summed E-state index contributed by atoms with van der Waals surface area (Å²) in [7, 11) is 0. The molecule has 2 aromatic rings. The van der Waals surface area contributed by atoms with E-state index >= 15 is 0 Å². The maximum absolute atomic E-state index is 12.3. The molecule has 8 nitrogen and oxygen atoms in total. The highest BCUT2D eigenvalue weighted by Crippen LogP contribution is 2.14. The highest BCUT2D eigenvalue weighted by Gasteiger charge is 2.16. The third-order valence-electron chi connectivity index (χ3n) is 4.64. The molecule has 26 heavy (non-hydrogen) atoms. The fourth-order valence-electron chi connectivity index (χ4n) is 3.19. The van der Waals surface area contributed by atoms with Gasteiger partial charge < -0.3 is 10.2 Å². The monoisotopic (exact) mass is 356 g/mol. The Morgan fingerprint density at radius 2 is 1.92 bits per heavy atom. The lowest BCUT2D eigenvalue weighted by molar-refractivity contribution is -0.131. The number of nitrogens with one attached hydrogen (secondary N) is 1. The van der Waals surface area contributed by atoms with Gasteiger partial charge in [0.1, 0.15) is 6.33 Å². The summed E-state index contributed by atoms with van der Waals surface area (Å²) >= 11 is 0. The summed E-state index contributed by atoms with van der Waals surface area (Å²) in [6, 6.07) is 5.34. The van der Waals surface area contributed by atoms with Gasteiger partial charge in [-0.05, 0) is 54.0 Å². The summed E-state index contributed by atoms with van der Waals surface area (Å²) < 4.78 is 1.55. The Balaban J connectivity index is 1.52. The van der Waals surface area contributed by atoms with Crippen LogP contribution in [-0.4, -0.2) is 56.6 Å². The molecule has 138 valence electrons. The van der Waals surface area contributed by atoms with Crippen molar-refractivity contribution in [1.82, 2.24) is 30.4 Å². The average molecular weight is 356 g/mol. The fraction of sp³-hybridized carbons (Fsp3) is 0.500. The normalized spacial score (nSPS) is 14.7. The van der Waals surface area contributed by atoms with Crippen LogP contribution < -0.4 is 5.32 Å². The Morgan fingerprint density at radius 3 is 2.58 bits per heavy atom. The van der Waals surface area contributed by atoms with Crippen LogP contribution in [0.1, 0.15) is 48.0 Å². The van der Waals surface area contributed by atoms with Crippen molar-refractivity contribution in [2.45, 2.75) is 39.0 Å². The predicted octanol–water partition coefficient (Wildman–Crippen LogP) is 1.49. The first kappa shape index (κ1) is 18.0. The molecule has 0 unspecified atom stereocenters. The first-order valence-corrected chi connectivity index (χ1v) is 9.05. The van der Waals surface area contributed by atoms with Gasteiger partial charge in [-0.25, -0.2) is 4.68 Å². The second kappa shape index (κ2) is 8.55. The Labute approximate surface area is 152 Å². The fourth-order valence-corrected chi connectivity index (χ4v) is 3.19. The smallest absolute Gasteiger partial charge is 0.251 e. The topological polar surface area (TPSA) is 93.0 Å². The molecule has 1 aliphatic heterocycles. The Hall–Kier alpha value is -2.77. The molecule has 1 N–H and O–H groups in total. The molecule has 0 saturated carbocycles. The van der Waals surface area contributed by atoms with Crippen LogP contribution in [0.3, 0.4) is 0 Å². The molecule has 3 rings (SSSR count). The van der Waals surface area contributed by atoms with Crippen molar-refractivity contribution in [3.8, 4) is 5.69 Å². The minimum Gasteiger partial charge on any atom is -0.352 e. The molecule has 0 spiro atoms. The first-order valence-electron chi connectivity index (χ1n) is 9.05. The van der Waals surface area contributed by atoms with Crippen molar-refractivity contribution in [2.24, 2.45) is 0 Å². The SMILES string of the molecule is Cc1cc(C(=O)NCCC(=O)N2CCCCCC2)ccc1-n1cnnn1. The Morgan fingerprint density at radius 1 is 1.15 bits per heavy atom. The van der Waals surface area contributed by atoms with E-state index in [1.807, 2.05) is 17.9 Å². The van der Waals surface area contributed by atoms with E-state index in [1.54, 1.807) is 16.8 Å². The van der Waals surface area contributed by atoms with E-state index in [2.05, 4.69) is 20.8 Å². The van der Waals surface area contributed by atoms with E-state index in [0.29, 0.717) is 18.5 Å². The van der Waals surface area contributed by atoms with Gasteiger partial charge in [-0.1, -0.05) is 12.8 Å². The Kier molecular flexibility index (Phi) is 5.93. The van der Waals surface area contributed by atoms with Gasteiger partial charge in [-0.2, -0.15) is 0 Å². The van der Waals surface area contributed by atoms with Crippen molar-refractivity contribution in [3.63, 3.8) is 0 Å². The maximum atomic E-state index is 12.3. The van der Waals surface area contributed by atoms with Gasteiger partial charge in [0.15, 0.2) is 0 Å². The van der Waals surface area contributed by atoms with Crippen molar-refractivity contribution < 1.29 is 9.59 Å². The molecule has 0 aliphatic carbocycles. The van der Waals surface area contributed by atoms with Gasteiger partial charge in [0, 0.05) is 31.6 Å². The number of carbonyl (C=O) groups is 2. The minimum atomic E-state index is -0.181. The largest absolute Gasteiger partial charge is 0.352 e. The number of hydrogen-bond acceptors (Lipinski definition) is 5. The molecule has 1 aromatic heterocycles. The summed E-state index contributed by atoms with van der Waals surface area (Å²) in [5.74, 6) is -0.0579. The standard InChI is InChI=1S/C18H24N6O2/c1-14-12-15(6-7-16(14)24-13-20-21-22-24)18(26)19-9-8-17(25)23-10-4-2-3-5-11-23/h6-7,12-13H,2-5,8-11H2,1H3,(H,19,26). The Bertz CT molecular complexity index is 751. The quantitative estimate of drug-likeness (QED) is 0.876. The number of benzene rings is 1. The highest BCUT2D eigenvalue weighted by molar-refractivity contribution is 5.94. The van der Waals surface area contributed by atoms with Crippen molar-refractivity contribution in [3.05, 3.63) is 35.7 Å². The molecule has 1 aliphatic rings. The van der Waals surface area contributed by atoms with E-state index in [4.69, 9.17) is 0 Å². The molecule has 0 atom stereocenters. The van der Waals surface area contributed by atoms with Crippen LogP contribution in [0, 0.1) is 6.92 Å². The number of rotatable bonds is 5. The lowest BCUT2D eigenvalue weighted by Gasteiger charge is -2.20. The molecule has 8 heteroatoms. The second-order valence-corrected chi connectivity index (χ2v) is 6.56. The van der Waals surface area contributed by atoms with Crippen LogP contribution in [0.2, 0.25) is 0 Å². The van der Waals surface area contributed by atoms with Crippen LogP contribution in [0.15, 0.2) is 24.5 Å². The number of likely N-dealkylation sites (tertiary alicyclic amines) is 1. The van der Waals surface area contributed by atoms with Crippen LogP contribution in [0.4, 0.5) is 0 Å². The first-order chi connectivity index (χ1) is 12.6. The molecule has 1 saturated heterocycles.